The topological polar surface area (TPSA) is 93.3 Å². The maximum absolute atomic E-state index is 12.4. The van der Waals surface area contributed by atoms with Crippen LogP contribution < -0.4 is 11.1 Å². The van der Waals surface area contributed by atoms with E-state index in [1.54, 1.807) is 23.1 Å². The van der Waals surface area contributed by atoms with Crippen LogP contribution in [0.1, 0.15) is 25.7 Å². The fourth-order valence-electron chi connectivity index (χ4n) is 2.62. The standard InChI is InChI=1S/C14H23N5O2.2ClH/c15-6-5-13(20)16-10-12-4-1-2-9-19(12)14(21)11-18-8-3-7-17-18;;/h3,7-8,12H,1-2,4-6,9-11,15H2,(H,16,20);2*1H. The van der Waals surface area contributed by atoms with Gasteiger partial charge in [-0.05, 0) is 25.3 Å². The van der Waals surface area contributed by atoms with Crippen molar-refractivity contribution in [3.63, 3.8) is 0 Å². The summed E-state index contributed by atoms with van der Waals surface area (Å²) in [5, 5.41) is 6.92. The van der Waals surface area contributed by atoms with E-state index in [9.17, 15) is 9.59 Å². The molecule has 0 aromatic carbocycles. The van der Waals surface area contributed by atoms with E-state index in [4.69, 9.17) is 5.73 Å². The Morgan fingerprint density at radius 1 is 1.30 bits per heavy atom. The van der Waals surface area contributed by atoms with E-state index in [0.29, 0.717) is 19.5 Å². The first-order chi connectivity index (χ1) is 10.2. The van der Waals surface area contributed by atoms with Crippen LogP contribution >= 0.6 is 24.8 Å². The van der Waals surface area contributed by atoms with Crippen molar-refractivity contribution >= 4 is 36.6 Å². The van der Waals surface area contributed by atoms with Gasteiger partial charge in [0.25, 0.3) is 0 Å². The quantitative estimate of drug-likeness (QED) is 0.770. The Balaban J connectivity index is 0.00000242. The monoisotopic (exact) mass is 365 g/mol. The third kappa shape index (κ3) is 6.76. The van der Waals surface area contributed by atoms with Crippen LogP contribution in [0.25, 0.3) is 0 Å². The molecule has 2 heterocycles. The van der Waals surface area contributed by atoms with E-state index in [0.717, 1.165) is 25.8 Å². The molecule has 0 bridgehead atoms. The molecule has 1 aromatic heterocycles. The average Bonchev–Trinajstić information content (AvgIpc) is 2.98. The number of likely N-dealkylation sites (tertiary alicyclic amines) is 1. The van der Waals surface area contributed by atoms with Crippen molar-refractivity contribution in [1.82, 2.24) is 20.0 Å². The van der Waals surface area contributed by atoms with Gasteiger partial charge in [-0.3, -0.25) is 14.3 Å². The van der Waals surface area contributed by atoms with Gasteiger partial charge in [0.1, 0.15) is 6.54 Å². The fourth-order valence-corrected chi connectivity index (χ4v) is 2.62. The van der Waals surface area contributed by atoms with E-state index in [-0.39, 0.29) is 49.2 Å². The van der Waals surface area contributed by atoms with Gasteiger partial charge in [-0.1, -0.05) is 0 Å². The van der Waals surface area contributed by atoms with Gasteiger partial charge in [-0.25, -0.2) is 0 Å². The highest BCUT2D eigenvalue weighted by Crippen LogP contribution is 2.17. The molecule has 2 rings (SSSR count). The molecule has 1 aliphatic heterocycles. The second kappa shape index (κ2) is 11.3. The number of amides is 2. The Kier molecular flexibility index (Phi) is 10.6. The number of hydrogen-bond donors (Lipinski definition) is 2. The summed E-state index contributed by atoms with van der Waals surface area (Å²) in [7, 11) is 0. The predicted molar refractivity (Wildman–Crippen MR) is 92.8 cm³/mol. The van der Waals surface area contributed by atoms with Crippen LogP contribution in [0.3, 0.4) is 0 Å². The Morgan fingerprint density at radius 3 is 2.74 bits per heavy atom. The molecule has 7 nitrogen and oxygen atoms in total. The minimum Gasteiger partial charge on any atom is -0.354 e. The van der Waals surface area contributed by atoms with Crippen LogP contribution in [0.2, 0.25) is 0 Å². The lowest BCUT2D eigenvalue weighted by molar-refractivity contribution is -0.136. The number of halogens is 2. The van der Waals surface area contributed by atoms with Crippen LogP contribution in [0.5, 0.6) is 0 Å². The molecule has 1 fully saturated rings. The van der Waals surface area contributed by atoms with Gasteiger partial charge >= 0.3 is 0 Å². The highest BCUT2D eigenvalue weighted by molar-refractivity contribution is 5.85. The predicted octanol–water partition coefficient (Wildman–Crippen LogP) is 0.573. The average molecular weight is 366 g/mol. The summed E-state index contributed by atoms with van der Waals surface area (Å²) in [4.78, 5) is 25.8. The molecule has 0 aliphatic carbocycles. The maximum atomic E-state index is 12.4. The second-order valence-electron chi connectivity index (χ2n) is 5.28. The van der Waals surface area contributed by atoms with Crippen LogP contribution in [0.15, 0.2) is 18.5 Å². The van der Waals surface area contributed by atoms with Crippen molar-refractivity contribution in [3.8, 4) is 0 Å². The largest absolute Gasteiger partial charge is 0.354 e. The number of hydrogen-bond acceptors (Lipinski definition) is 4. The molecule has 1 aromatic rings. The summed E-state index contributed by atoms with van der Waals surface area (Å²) in [5.74, 6) is -0.000905. The molecular formula is C14H25Cl2N5O2. The SMILES string of the molecule is Cl.Cl.NCCC(=O)NCC1CCCCN1C(=O)Cn1cccn1. The van der Waals surface area contributed by atoms with Gasteiger partial charge in [-0.15, -0.1) is 24.8 Å². The minimum absolute atomic E-state index is 0. The second-order valence-corrected chi connectivity index (χ2v) is 5.28. The number of aromatic nitrogens is 2. The third-order valence-electron chi connectivity index (χ3n) is 3.71. The lowest BCUT2D eigenvalue weighted by atomic mass is 10.0. The van der Waals surface area contributed by atoms with E-state index < -0.39 is 0 Å². The van der Waals surface area contributed by atoms with Crippen LogP contribution in [-0.4, -0.2) is 52.2 Å². The number of nitrogens with two attached hydrogens (primary N) is 1. The normalized spacial score (nSPS) is 16.9. The molecule has 23 heavy (non-hydrogen) atoms. The first-order valence-electron chi connectivity index (χ1n) is 7.44. The summed E-state index contributed by atoms with van der Waals surface area (Å²) < 4.78 is 1.63. The van der Waals surface area contributed by atoms with Crippen molar-refractivity contribution in [2.24, 2.45) is 5.73 Å². The highest BCUT2D eigenvalue weighted by atomic mass is 35.5. The van der Waals surface area contributed by atoms with Crippen molar-refractivity contribution in [2.75, 3.05) is 19.6 Å². The molecular weight excluding hydrogens is 341 g/mol. The van der Waals surface area contributed by atoms with Gasteiger partial charge in [-0.2, -0.15) is 5.10 Å². The summed E-state index contributed by atoms with van der Waals surface area (Å²) in [6, 6.07) is 1.87. The summed E-state index contributed by atoms with van der Waals surface area (Å²) >= 11 is 0. The minimum atomic E-state index is -0.0532. The maximum Gasteiger partial charge on any atom is 0.244 e. The first-order valence-corrected chi connectivity index (χ1v) is 7.44. The number of nitrogens with one attached hydrogen (secondary N) is 1. The molecule has 0 spiro atoms. The van der Waals surface area contributed by atoms with Gasteiger partial charge in [0.05, 0.1) is 0 Å². The number of carbonyl (C=O) groups excluding carboxylic acids is 2. The zero-order valence-corrected chi connectivity index (χ0v) is 14.7. The van der Waals surface area contributed by atoms with E-state index in [1.165, 1.54) is 0 Å². The van der Waals surface area contributed by atoms with E-state index >= 15 is 0 Å². The molecule has 9 heteroatoms. The number of nitrogens with zero attached hydrogens (tertiary/aromatic N) is 3. The number of carbonyl (C=O) groups is 2. The lowest BCUT2D eigenvalue weighted by Gasteiger charge is -2.36. The zero-order valence-electron chi connectivity index (χ0n) is 13.0. The Labute approximate surface area is 148 Å². The third-order valence-corrected chi connectivity index (χ3v) is 3.71. The van der Waals surface area contributed by atoms with Gasteiger partial charge in [0.15, 0.2) is 0 Å². The molecule has 0 radical (unpaired) electrons. The molecule has 1 unspecified atom stereocenters. The summed E-state index contributed by atoms with van der Waals surface area (Å²) in [6.07, 6.45) is 6.79. The van der Waals surface area contributed by atoms with Crippen molar-refractivity contribution in [3.05, 3.63) is 18.5 Å². The molecule has 1 saturated heterocycles. The first kappa shape index (κ1) is 21.7. The Hall–Kier alpha value is -1.31. The smallest absolute Gasteiger partial charge is 0.244 e. The molecule has 1 atom stereocenters. The molecule has 2 amide bonds. The fraction of sp³-hybridized carbons (Fsp3) is 0.643. The number of piperidine rings is 1. The van der Waals surface area contributed by atoms with E-state index in [2.05, 4.69) is 10.4 Å². The number of rotatable bonds is 6. The molecule has 132 valence electrons. The summed E-state index contributed by atoms with van der Waals surface area (Å²) in [6.45, 7) is 1.85. The molecule has 3 N–H and O–H groups in total. The van der Waals surface area contributed by atoms with Crippen molar-refractivity contribution in [2.45, 2.75) is 38.3 Å². The van der Waals surface area contributed by atoms with Crippen LogP contribution in [0, 0.1) is 0 Å². The van der Waals surface area contributed by atoms with Gasteiger partial charge in [0, 0.05) is 44.5 Å². The summed E-state index contributed by atoms with van der Waals surface area (Å²) in [5.41, 5.74) is 5.35. The van der Waals surface area contributed by atoms with Crippen LogP contribution in [0.4, 0.5) is 0 Å². The highest BCUT2D eigenvalue weighted by Gasteiger charge is 2.26. The molecule has 1 aliphatic rings. The van der Waals surface area contributed by atoms with Crippen LogP contribution in [-0.2, 0) is 16.1 Å². The van der Waals surface area contributed by atoms with Gasteiger partial charge in [0.2, 0.25) is 11.8 Å². The Morgan fingerprint density at radius 2 is 2.09 bits per heavy atom. The van der Waals surface area contributed by atoms with Crippen molar-refractivity contribution in [1.29, 1.82) is 0 Å². The Bertz CT molecular complexity index is 470. The molecule has 0 saturated carbocycles. The lowest BCUT2D eigenvalue weighted by Crippen LogP contribution is -2.50. The van der Waals surface area contributed by atoms with Gasteiger partial charge < -0.3 is 16.0 Å². The zero-order chi connectivity index (χ0) is 15.1. The van der Waals surface area contributed by atoms with Crippen molar-refractivity contribution < 1.29 is 9.59 Å². The van der Waals surface area contributed by atoms with E-state index in [1.807, 2.05) is 4.90 Å².